The van der Waals surface area contributed by atoms with Crippen molar-refractivity contribution in [3.05, 3.63) is 17.8 Å². The summed E-state index contributed by atoms with van der Waals surface area (Å²) in [5.41, 5.74) is -0.359. The third-order valence-electron chi connectivity index (χ3n) is 9.20. The summed E-state index contributed by atoms with van der Waals surface area (Å²) in [5, 5.41) is 13.1. The lowest BCUT2D eigenvalue weighted by molar-refractivity contribution is -0.144. The smallest absolute Gasteiger partial charge is 0.443 e. The summed E-state index contributed by atoms with van der Waals surface area (Å²) in [7, 11) is -2.41. The molecule has 2 saturated carbocycles. The Balaban J connectivity index is 1.52. The molecule has 0 unspecified atom stereocenters. The van der Waals surface area contributed by atoms with Crippen LogP contribution in [0.25, 0.3) is 0 Å². The zero-order valence-electron chi connectivity index (χ0n) is 27.8. The van der Waals surface area contributed by atoms with E-state index in [1.54, 1.807) is 32.9 Å². The molecule has 3 fully saturated rings. The van der Waals surface area contributed by atoms with Crippen LogP contribution in [0.5, 0.6) is 5.88 Å². The first-order valence-corrected chi connectivity index (χ1v) is 17.9. The second-order valence-corrected chi connectivity index (χ2v) is 16.2. The quantitative estimate of drug-likeness (QED) is 0.315. The molecule has 0 spiro atoms. The van der Waals surface area contributed by atoms with Gasteiger partial charge in [-0.05, 0) is 123 Å². The zero-order valence-corrected chi connectivity index (χ0v) is 28.6. The Morgan fingerprint density at radius 3 is 2.58 bits per heavy atom. The van der Waals surface area contributed by atoms with E-state index >= 15 is 4.21 Å². The number of nitrogens with one attached hydrogen (secondary N) is 1. The van der Waals surface area contributed by atoms with E-state index in [2.05, 4.69) is 27.7 Å². The number of aryl methyl sites for hydroxylation is 1. The van der Waals surface area contributed by atoms with Crippen LogP contribution in [0, 0.1) is 29.6 Å². The van der Waals surface area contributed by atoms with Crippen LogP contribution < -0.4 is 10.1 Å². The number of carbonyl (C=O) groups excluding carboxylic acids is 2. The average molecular weight is 646 g/mol. The zero-order chi connectivity index (χ0) is 32.8. The summed E-state index contributed by atoms with van der Waals surface area (Å²) in [6, 6.07) is 5.47. The van der Waals surface area contributed by atoms with E-state index in [9.17, 15) is 14.9 Å². The van der Waals surface area contributed by atoms with Gasteiger partial charge in [0.1, 0.15) is 22.6 Å². The molecule has 45 heavy (non-hydrogen) atoms. The average Bonchev–Trinajstić information content (AvgIpc) is 3.48. The van der Waals surface area contributed by atoms with Crippen molar-refractivity contribution in [1.82, 2.24) is 14.6 Å². The van der Waals surface area contributed by atoms with E-state index in [1.165, 1.54) is 11.4 Å². The molecule has 1 saturated heterocycles. The van der Waals surface area contributed by atoms with Crippen molar-refractivity contribution >= 4 is 22.0 Å². The number of rotatable bonds is 9. The summed E-state index contributed by atoms with van der Waals surface area (Å²) in [4.78, 5) is 30.6. The minimum Gasteiger partial charge on any atom is -0.473 e. The van der Waals surface area contributed by atoms with Crippen molar-refractivity contribution in [2.24, 2.45) is 15.7 Å². The Hall–Kier alpha value is -2.75. The minimum atomic E-state index is -3.71. The molecular weight excluding hydrogens is 594 g/mol. The van der Waals surface area contributed by atoms with Crippen molar-refractivity contribution in [2.45, 2.75) is 134 Å². The molecule has 1 amide bonds. The van der Waals surface area contributed by atoms with Gasteiger partial charge in [0, 0.05) is 18.3 Å². The van der Waals surface area contributed by atoms with Gasteiger partial charge in [-0.15, -0.1) is 4.36 Å². The molecule has 1 aromatic heterocycles. The predicted molar refractivity (Wildman–Crippen MR) is 171 cm³/mol. The predicted octanol–water partition coefficient (Wildman–Crippen LogP) is 6.09. The second kappa shape index (κ2) is 14.8. The largest absolute Gasteiger partial charge is 0.473 e. The molecule has 3 aliphatic rings. The minimum absolute atomic E-state index is 0.136. The Morgan fingerprint density at radius 2 is 1.91 bits per heavy atom. The summed E-state index contributed by atoms with van der Waals surface area (Å²) in [6.07, 6.45) is 8.68. The molecule has 0 aromatic carbocycles. The molecule has 12 heteroatoms. The van der Waals surface area contributed by atoms with E-state index in [1.807, 2.05) is 6.92 Å². The highest BCUT2D eigenvalue weighted by Crippen LogP contribution is 2.37. The Morgan fingerprint density at radius 1 is 1.18 bits per heavy atom. The van der Waals surface area contributed by atoms with Crippen molar-refractivity contribution < 1.29 is 28.0 Å². The molecule has 250 valence electrons. The maximum absolute atomic E-state index is 15.0. The highest BCUT2D eigenvalue weighted by atomic mass is 32.2. The molecule has 4 atom stereocenters. The SMILES string of the molecule is COC(=O)[C@@H]1CCCN1[S@@](=O)(=NC(=O)OC(C)(C)C)c1ccc(C)nc1O[C@@H]1CCC[C@H](CCNC2CCC(C)(C#N)CC2)C1. The van der Waals surface area contributed by atoms with E-state index < -0.39 is 33.6 Å². The Bertz CT molecular complexity index is 1370. The van der Waals surface area contributed by atoms with Gasteiger partial charge >= 0.3 is 12.1 Å². The fourth-order valence-electron chi connectivity index (χ4n) is 6.66. The van der Waals surface area contributed by atoms with Crippen LogP contribution in [0.2, 0.25) is 0 Å². The van der Waals surface area contributed by atoms with Gasteiger partial charge in [0.25, 0.3) is 0 Å². The van der Waals surface area contributed by atoms with Crippen molar-refractivity contribution in [1.29, 1.82) is 5.26 Å². The third-order valence-corrected chi connectivity index (χ3v) is 11.5. The van der Waals surface area contributed by atoms with Gasteiger partial charge in [0.15, 0.2) is 9.92 Å². The van der Waals surface area contributed by atoms with Crippen LogP contribution in [0.1, 0.15) is 104 Å². The fourth-order valence-corrected chi connectivity index (χ4v) is 8.83. The fraction of sp³-hybridized carbons (Fsp3) is 0.758. The van der Waals surface area contributed by atoms with Gasteiger partial charge in [-0.25, -0.2) is 14.0 Å². The molecular formula is C33H51N5O6S. The molecule has 11 nitrogen and oxygen atoms in total. The molecule has 1 N–H and O–H groups in total. The number of hydrogen-bond donors (Lipinski definition) is 1. The Kier molecular flexibility index (Phi) is 11.5. The molecule has 1 aromatic rings. The summed E-state index contributed by atoms with van der Waals surface area (Å²) in [5.74, 6) is 0.114. The standard InChI is InChI=1S/C33H51N5O6S/c1-23-12-13-28(45(41,37-31(40)44-32(2,3)4)38-20-8-11-27(38)30(39)42-6)29(36-23)43-26-10-7-9-24(21-26)16-19-35-25-14-17-33(5,22-34)18-15-25/h12-13,24-27,35H,7-11,14-21H2,1-6H3/t24-,25?,26-,27+,33?,45+/m1/s1. The van der Waals surface area contributed by atoms with Crippen LogP contribution in [0.4, 0.5) is 4.79 Å². The van der Waals surface area contributed by atoms with Crippen LogP contribution in [-0.2, 0) is 24.2 Å². The number of aromatic nitrogens is 1. The van der Waals surface area contributed by atoms with Gasteiger partial charge in [-0.1, -0.05) is 6.42 Å². The van der Waals surface area contributed by atoms with E-state index in [0.717, 1.165) is 64.3 Å². The first-order chi connectivity index (χ1) is 21.2. The van der Waals surface area contributed by atoms with Crippen LogP contribution in [-0.4, -0.2) is 69.5 Å². The van der Waals surface area contributed by atoms with Crippen molar-refractivity contribution in [3.63, 3.8) is 0 Å². The van der Waals surface area contributed by atoms with Crippen LogP contribution in [0.3, 0.4) is 0 Å². The van der Waals surface area contributed by atoms with Gasteiger partial charge < -0.3 is 19.5 Å². The molecule has 2 heterocycles. The normalized spacial score (nSPS) is 28.8. The van der Waals surface area contributed by atoms with Gasteiger partial charge in [-0.3, -0.25) is 4.79 Å². The van der Waals surface area contributed by atoms with Gasteiger partial charge in [-0.2, -0.15) is 9.57 Å². The second-order valence-electron chi connectivity index (χ2n) is 14.1. The monoisotopic (exact) mass is 645 g/mol. The molecule has 4 rings (SSSR count). The molecule has 0 bridgehead atoms. The van der Waals surface area contributed by atoms with Gasteiger partial charge in [0.2, 0.25) is 5.88 Å². The highest BCUT2D eigenvalue weighted by molar-refractivity contribution is 7.91. The number of hydrogen-bond acceptors (Lipinski definition) is 9. The summed E-state index contributed by atoms with van der Waals surface area (Å²) >= 11 is 0. The van der Waals surface area contributed by atoms with Gasteiger partial charge in [0.05, 0.1) is 18.6 Å². The number of amides is 1. The number of esters is 1. The topological polar surface area (TPSA) is 143 Å². The lowest BCUT2D eigenvalue weighted by Crippen LogP contribution is -2.42. The van der Waals surface area contributed by atoms with Crippen molar-refractivity contribution in [2.75, 3.05) is 20.2 Å². The lowest BCUT2D eigenvalue weighted by atomic mass is 9.75. The maximum Gasteiger partial charge on any atom is 0.443 e. The van der Waals surface area contributed by atoms with Crippen molar-refractivity contribution in [3.8, 4) is 11.9 Å². The molecule has 1 aliphatic heterocycles. The van der Waals surface area contributed by atoms with E-state index in [4.69, 9.17) is 14.2 Å². The molecule has 0 radical (unpaired) electrons. The van der Waals surface area contributed by atoms with E-state index in [0.29, 0.717) is 30.5 Å². The number of nitrogens with zero attached hydrogens (tertiary/aromatic N) is 4. The summed E-state index contributed by atoms with van der Waals surface area (Å²) in [6.45, 7) is 10.2. The van der Waals surface area contributed by atoms with Crippen LogP contribution >= 0.6 is 0 Å². The first-order valence-electron chi connectivity index (χ1n) is 16.4. The Labute approximate surface area is 269 Å². The third kappa shape index (κ3) is 9.17. The number of carbonyl (C=O) groups is 2. The maximum atomic E-state index is 15.0. The number of ether oxygens (including phenoxy) is 3. The first kappa shape index (κ1) is 35.1. The number of methoxy groups -OCH3 is 1. The number of pyridine rings is 1. The summed E-state index contributed by atoms with van der Waals surface area (Å²) < 4.78 is 37.6. The van der Waals surface area contributed by atoms with E-state index in [-0.39, 0.29) is 28.8 Å². The molecule has 2 aliphatic carbocycles. The number of nitriles is 1. The van der Waals surface area contributed by atoms with Crippen LogP contribution in [0.15, 0.2) is 21.4 Å². The highest BCUT2D eigenvalue weighted by Gasteiger charge is 2.42. The lowest BCUT2D eigenvalue weighted by Gasteiger charge is -2.34.